The van der Waals surface area contributed by atoms with Gasteiger partial charge >= 0.3 is 0 Å². The molecule has 0 radical (unpaired) electrons. The molecule has 0 fully saturated rings. The van der Waals surface area contributed by atoms with Crippen molar-refractivity contribution in [1.29, 1.82) is 0 Å². The molecule has 3 nitrogen and oxygen atoms in total. The van der Waals surface area contributed by atoms with Crippen LogP contribution in [0.2, 0.25) is 0 Å². The maximum absolute atomic E-state index is 13.1. The maximum Gasteiger partial charge on any atom is 0.146 e. The van der Waals surface area contributed by atoms with Crippen LogP contribution < -0.4 is 5.73 Å². The summed E-state index contributed by atoms with van der Waals surface area (Å²) in [5.74, 6) is 0.155. The number of nitrogens with zero attached hydrogens (tertiary/aromatic N) is 2. The van der Waals surface area contributed by atoms with Crippen molar-refractivity contribution in [1.82, 2.24) is 9.55 Å². The minimum Gasteiger partial charge on any atom is -0.396 e. The van der Waals surface area contributed by atoms with E-state index >= 15 is 0 Å². The van der Waals surface area contributed by atoms with Gasteiger partial charge in [-0.3, -0.25) is 0 Å². The predicted molar refractivity (Wildman–Crippen MR) is 66.5 cm³/mol. The summed E-state index contributed by atoms with van der Waals surface area (Å²) in [6, 6.07) is 4.71. The lowest BCUT2D eigenvalue weighted by Crippen LogP contribution is -2.03. The Balaban J connectivity index is 2.39. The number of aromatic nitrogens is 2. The third-order valence-electron chi connectivity index (χ3n) is 2.59. The molecule has 0 saturated carbocycles. The van der Waals surface area contributed by atoms with Crippen molar-refractivity contribution < 1.29 is 4.39 Å². The topological polar surface area (TPSA) is 43.8 Å². The van der Waals surface area contributed by atoms with E-state index < -0.39 is 0 Å². The predicted octanol–water partition coefficient (Wildman–Crippen LogP) is 2.79. The number of halogens is 1. The van der Waals surface area contributed by atoms with Gasteiger partial charge in [-0.15, -0.1) is 0 Å². The highest BCUT2D eigenvalue weighted by atomic mass is 19.1. The van der Waals surface area contributed by atoms with Gasteiger partial charge < -0.3 is 10.3 Å². The summed E-state index contributed by atoms with van der Waals surface area (Å²) in [5.41, 5.74) is 7.68. The highest BCUT2D eigenvalue weighted by molar-refractivity contribution is 5.49. The number of rotatable bonds is 3. The van der Waals surface area contributed by atoms with Crippen LogP contribution in [0.1, 0.15) is 19.5 Å². The van der Waals surface area contributed by atoms with E-state index in [-0.39, 0.29) is 11.5 Å². The Bertz CT molecular complexity index is 517. The molecule has 0 saturated heterocycles. The molecule has 0 aliphatic carbocycles. The van der Waals surface area contributed by atoms with Crippen LogP contribution in [0.4, 0.5) is 10.1 Å². The molecular weight excluding hydrogens is 217 g/mol. The van der Waals surface area contributed by atoms with Gasteiger partial charge in [0.15, 0.2) is 0 Å². The fourth-order valence-electron chi connectivity index (χ4n) is 1.81. The zero-order valence-electron chi connectivity index (χ0n) is 10.0. The first kappa shape index (κ1) is 11.6. The lowest BCUT2D eigenvalue weighted by atomic mass is 10.1. The third-order valence-corrected chi connectivity index (χ3v) is 2.59. The molecule has 90 valence electrons. The van der Waals surface area contributed by atoms with E-state index in [1.165, 1.54) is 6.07 Å². The first-order valence-corrected chi connectivity index (χ1v) is 5.64. The molecule has 2 aromatic rings. The van der Waals surface area contributed by atoms with E-state index in [0.29, 0.717) is 5.92 Å². The molecular formula is C13H16FN3. The Kier molecular flexibility index (Phi) is 3.13. The van der Waals surface area contributed by atoms with Crippen molar-refractivity contribution in [3.63, 3.8) is 0 Å². The van der Waals surface area contributed by atoms with Crippen molar-refractivity contribution in [2.45, 2.75) is 20.3 Å². The molecule has 0 spiro atoms. The molecule has 0 aliphatic heterocycles. The molecule has 1 heterocycles. The number of nitrogen functional groups attached to an aromatic ring is 1. The lowest BCUT2D eigenvalue weighted by Gasteiger charge is -2.10. The maximum atomic E-state index is 13.1. The number of imidazole rings is 1. The lowest BCUT2D eigenvalue weighted by molar-refractivity contribution is 0.624. The van der Waals surface area contributed by atoms with Crippen molar-refractivity contribution >= 4 is 5.69 Å². The molecule has 0 aliphatic rings. The molecule has 1 aromatic heterocycles. The van der Waals surface area contributed by atoms with Crippen molar-refractivity contribution in [3.8, 4) is 5.69 Å². The monoisotopic (exact) mass is 233 g/mol. The van der Waals surface area contributed by atoms with Gasteiger partial charge in [-0.1, -0.05) is 13.8 Å². The van der Waals surface area contributed by atoms with E-state index in [1.54, 1.807) is 18.5 Å². The van der Waals surface area contributed by atoms with Crippen LogP contribution in [0.25, 0.3) is 5.69 Å². The van der Waals surface area contributed by atoms with Crippen LogP contribution in [0, 0.1) is 11.7 Å². The summed E-state index contributed by atoms with van der Waals surface area (Å²) in [7, 11) is 0. The van der Waals surface area contributed by atoms with E-state index in [9.17, 15) is 4.39 Å². The highest BCUT2D eigenvalue weighted by Crippen LogP contribution is 2.19. The zero-order chi connectivity index (χ0) is 12.4. The molecule has 4 heteroatoms. The minimum absolute atomic E-state index is 0.159. The van der Waals surface area contributed by atoms with E-state index in [1.807, 2.05) is 10.8 Å². The minimum atomic E-state index is -0.390. The van der Waals surface area contributed by atoms with Crippen LogP contribution in [-0.4, -0.2) is 9.55 Å². The van der Waals surface area contributed by atoms with Gasteiger partial charge in [0.25, 0.3) is 0 Å². The highest BCUT2D eigenvalue weighted by Gasteiger charge is 2.08. The van der Waals surface area contributed by atoms with Crippen LogP contribution in [0.15, 0.2) is 30.7 Å². The van der Waals surface area contributed by atoms with Gasteiger partial charge in [0.05, 0.1) is 12.0 Å². The van der Waals surface area contributed by atoms with Crippen molar-refractivity contribution in [3.05, 3.63) is 42.2 Å². The second-order valence-electron chi connectivity index (χ2n) is 4.56. The van der Waals surface area contributed by atoms with Crippen LogP contribution in [0.3, 0.4) is 0 Å². The van der Waals surface area contributed by atoms with E-state index in [4.69, 9.17) is 5.73 Å². The Labute approximate surface area is 100 Å². The van der Waals surface area contributed by atoms with Crippen molar-refractivity contribution in [2.24, 2.45) is 5.92 Å². The molecule has 0 atom stereocenters. The Hall–Kier alpha value is -1.84. The number of hydrogen-bond acceptors (Lipinski definition) is 2. The summed E-state index contributed by atoms with van der Waals surface area (Å²) in [6.07, 6.45) is 4.49. The molecule has 0 amide bonds. The quantitative estimate of drug-likeness (QED) is 0.828. The summed E-state index contributed by atoms with van der Waals surface area (Å²) >= 11 is 0. The number of benzene rings is 1. The van der Waals surface area contributed by atoms with E-state index in [2.05, 4.69) is 18.8 Å². The average molecular weight is 233 g/mol. The van der Waals surface area contributed by atoms with Crippen LogP contribution in [-0.2, 0) is 6.42 Å². The fraction of sp³-hybridized carbons (Fsp3) is 0.308. The summed E-state index contributed by atoms with van der Waals surface area (Å²) in [6.45, 7) is 4.30. The standard InChI is InChI=1S/C13H16FN3/c1-9(2)5-11-7-16-8-17(11)10-3-4-12(14)13(15)6-10/h3-4,6-9H,5,15H2,1-2H3. The average Bonchev–Trinajstić information content (AvgIpc) is 2.69. The van der Waals surface area contributed by atoms with Gasteiger partial charge in [0.1, 0.15) is 5.82 Å². The van der Waals surface area contributed by atoms with Gasteiger partial charge in [-0.25, -0.2) is 9.37 Å². The van der Waals surface area contributed by atoms with Gasteiger partial charge in [0.2, 0.25) is 0 Å². The van der Waals surface area contributed by atoms with Crippen LogP contribution >= 0.6 is 0 Å². The largest absolute Gasteiger partial charge is 0.396 e. The SMILES string of the molecule is CC(C)Cc1cncn1-c1ccc(F)c(N)c1. The molecule has 2 rings (SSSR count). The Morgan fingerprint density at radius 2 is 2.18 bits per heavy atom. The van der Waals surface area contributed by atoms with Crippen LogP contribution in [0.5, 0.6) is 0 Å². The summed E-state index contributed by atoms with van der Waals surface area (Å²) < 4.78 is 15.0. The summed E-state index contributed by atoms with van der Waals surface area (Å²) in [4.78, 5) is 4.13. The molecule has 0 unspecified atom stereocenters. The first-order chi connectivity index (χ1) is 8.08. The first-order valence-electron chi connectivity index (χ1n) is 5.64. The van der Waals surface area contributed by atoms with Gasteiger partial charge in [-0.05, 0) is 30.5 Å². The Morgan fingerprint density at radius 1 is 1.41 bits per heavy atom. The molecule has 1 aromatic carbocycles. The zero-order valence-corrected chi connectivity index (χ0v) is 10.0. The smallest absolute Gasteiger partial charge is 0.146 e. The fourth-order valence-corrected chi connectivity index (χ4v) is 1.81. The number of nitrogens with two attached hydrogens (primary N) is 1. The van der Waals surface area contributed by atoms with Gasteiger partial charge in [-0.2, -0.15) is 0 Å². The van der Waals surface area contributed by atoms with Gasteiger partial charge in [0, 0.05) is 17.6 Å². The number of anilines is 1. The third kappa shape index (κ3) is 2.46. The van der Waals surface area contributed by atoms with E-state index in [0.717, 1.165) is 17.8 Å². The molecule has 2 N–H and O–H groups in total. The molecule has 0 bridgehead atoms. The normalized spacial score (nSPS) is 11.1. The number of hydrogen-bond donors (Lipinski definition) is 1. The molecule has 17 heavy (non-hydrogen) atoms. The Morgan fingerprint density at radius 3 is 2.82 bits per heavy atom. The second-order valence-corrected chi connectivity index (χ2v) is 4.56. The van der Waals surface area contributed by atoms with Crippen molar-refractivity contribution in [2.75, 3.05) is 5.73 Å². The summed E-state index contributed by atoms with van der Waals surface area (Å²) in [5, 5.41) is 0. The second kappa shape index (κ2) is 4.57.